The predicted octanol–water partition coefficient (Wildman–Crippen LogP) is 3.74. The van der Waals surface area contributed by atoms with Crippen molar-refractivity contribution in [3.63, 3.8) is 0 Å². The molecule has 0 atom stereocenters. The molecule has 0 saturated heterocycles. The summed E-state index contributed by atoms with van der Waals surface area (Å²) in [6.45, 7) is 0. The van der Waals surface area contributed by atoms with Crippen molar-refractivity contribution in [2.45, 2.75) is 0 Å². The maximum atomic E-state index is 12.9. The van der Waals surface area contributed by atoms with Crippen LogP contribution in [0.2, 0.25) is 0 Å². The van der Waals surface area contributed by atoms with Crippen LogP contribution in [0.5, 0.6) is 11.6 Å². The number of hydrogen-bond acceptors (Lipinski definition) is 7. The van der Waals surface area contributed by atoms with Gasteiger partial charge in [0, 0.05) is 35.0 Å². The zero-order valence-corrected chi connectivity index (χ0v) is 18.0. The molecule has 0 radical (unpaired) electrons. The van der Waals surface area contributed by atoms with E-state index >= 15 is 0 Å². The van der Waals surface area contributed by atoms with Gasteiger partial charge in [0.1, 0.15) is 5.75 Å². The molecule has 0 aliphatic carbocycles. The van der Waals surface area contributed by atoms with Gasteiger partial charge in [0.2, 0.25) is 5.88 Å². The summed E-state index contributed by atoms with van der Waals surface area (Å²) in [4.78, 5) is 33.4. The Kier molecular flexibility index (Phi) is 6.03. The summed E-state index contributed by atoms with van der Waals surface area (Å²) in [5, 5.41) is 6.58. The van der Waals surface area contributed by atoms with E-state index in [0.29, 0.717) is 45.2 Å². The van der Waals surface area contributed by atoms with Crippen LogP contribution in [-0.4, -0.2) is 36.0 Å². The van der Waals surface area contributed by atoms with Crippen LogP contribution in [0.4, 0.5) is 17.1 Å². The molecule has 9 heteroatoms. The molecule has 0 aliphatic rings. The molecule has 0 aliphatic heterocycles. The number of aromatic nitrogens is 2. The number of nitrogens with zero attached hydrogens (tertiary/aromatic N) is 2. The van der Waals surface area contributed by atoms with Crippen LogP contribution in [0, 0.1) is 0 Å². The zero-order chi connectivity index (χ0) is 23.4. The van der Waals surface area contributed by atoms with Crippen molar-refractivity contribution in [3.8, 4) is 11.6 Å². The van der Waals surface area contributed by atoms with E-state index in [1.165, 1.54) is 19.5 Å². The molecule has 2 aromatic carbocycles. The van der Waals surface area contributed by atoms with Gasteiger partial charge in [-0.05, 0) is 36.4 Å². The third kappa shape index (κ3) is 4.67. The molecule has 0 spiro atoms. The number of anilines is 3. The minimum atomic E-state index is -0.644. The lowest BCUT2D eigenvalue weighted by Gasteiger charge is -2.15. The Balaban J connectivity index is 1.73. The van der Waals surface area contributed by atoms with E-state index in [2.05, 4.69) is 20.6 Å². The number of nitrogens with one attached hydrogen (secondary N) is 2. The fraction of sp³-hybridized carbons (Fsp3) is 0.0833. The van der Waals surface area contributed by atoms with Gasteiger partial charge in [0.15, 0.2) is 0 Å². The van der Waals surface area contributed by atoms with Crippen molar-refractivity contribution in [1.29, 1.82) is 0 Å². The average Bonchev–Trinajstić information content (AvgIpc) is 2.84. The van der Waals surface area contributed by atoms with Crippen molar-refractivity contribution < 1.29 is 19.1 Å². The van der Waals surface area contributed by atoms with E-state index in [1.54, 1.807) is 49.6 Å². The Morgan fingerprint density at radius 3 is 2.45 bits per heavy atom. The lowest BCUT2D eigenvalue weighted by Crippen LogP contribution is -2.15. The van der Waals surface area contributed by atoms with Crippen LogP contribution in [0.25, 0.3) is 10.9 Å². The van der Waals surface area contributed by atoms with Crippen LogP contribution >= 0.6 is 0 Å². The molecule has 4 rings (SSSR count). The number of carbonyl (C=O) groups is 2. The van der Waals surface area contributed by atoms with Gasteiger partial charge in [-0.1, -0.05) is 6.07 Å². The molecule has 0 unspecified atom stereocenters. The summed E-state index contributed by atoms with van der Waals surface area (Å²) in [6.07, 6.45) is 2.91. The predicted molar refractivity (Wildman–Crippen MR) is 125 cm³/mol. The average molecular weight is 443 g/mol. The summed E-state index contributed by atoms with van der Waals surface area (Å²) in [6, 6.07) is 15.6. The van der Waals surface area contributed by atoms with E-state index in [-0.39, 0.29) is 11.5 Å². The number of carbonyl (C=O) groups excluding carboxylic acids is 2. The lowest BCUT2D eigenvalue weighted by molar-refractivity contribution is 0.0998. The molecule has 33 heavy (non-hydrogen) atoms. The Hall–Kier alpha value is -4.66. The minimum absolute atomic E-state index is 0.197. The second kappa shape index (κ2) is 9.23. The van der Waals surface area contributed by atoms with E-state index in [4.69, 9.17) is 15.2 Å². The first-order chi connectivity index (χ1) is 16.0. The smallest absolute Gasteiger partial charge is 0.255 e. The van der Waals surface area contributed by atoms with Crippen LogP contribution in [-0.2, 0) is 0 Å². The summed E-state index contributed by atoms with van der Waals surface area (Å²) < 4.78 is 10.3. The normalized spacial score (nSPS) is 10.5. The first kappa shape index (κ1) is 21.6. The number of ether oxygens (including phenoxy) is 2. The summed E-state index contributed by atoms with van der Waals surface area (Å²) in [5.41, 5.74) is 8.40. The highest BCUT2D eigenvalue weighted by atomic mass is 16.5. The minimum Gasteiger partial charge on any atom is -0.497 e. The number of rotatable bonds is 7. The largest absolute Gasteiger partial charge is 0.497 e. The molecule has 0 fully saturated rings. The standard InChI is InChI=1S/C24H21N5O4/c1-32-17-5-3-4-15(11-17)28-22-18-10-14(6-8-20(18)26-13-19(22)23(25)30)24(31)29-16-7-9-21(33-2)27-12-16/h3-13H,1-2H3,(H2,25,30)(H,26,28)(H,29,31). The van der Waals surface area contributed by atoms with Gasteiger partial charge < -0.3 is 25.8 Å². The molecule has 0 bridgehead atoms. The molecular formula is C24H21N5O4. The van der Waals surface area contributed by atoms with Crippen LogP contribution in [0.1, 0.15) is 20.7 Å². The quantitative estimate of drug-likeness (QED) is 0.397. The molecule has 2 heterocycles. The maximum Gasteiger partial charge on any atom is 0.255 e. The Morgan fingerprint density at radius 1 is 0.909 bits per heavy atom. The second-order valence-electron chi connectivity index (χ2n) is 7.04. The molecule has 9 nitrogen and oxygen atoms in total. The number of fused-ring (bicyclic) bond motifs is 1. The Morgan fingerprint density at radius 2 is 1.76 bits per heavy atom. The van der Waals surface area contributed by atoms with Crippen LogP contribution in [0.15, 0.2) is 67.0 Å². The van der Waals surface area contributed by atoms with Gasteiger partial charge >= 0.3 is 0 Å². The first-order valence-corrected chi connectivity index (χ1v) is 9.93. The first-order valence-electron chi connectivity index (χ1n) is 9.93. The van der Waals surface area contributed by atoms with Crippen molar-refractivity contribution >= 4 is 39.8 Å². The van der Waals surface area contributed by atoms with Crippen LogP contribution in [0.3, 0.4) is 0 Å². The Labute approximate surface area is 189 Å². The molecule has 2 amide bonds. The molecule has 4 N–H and O–H groups in total. The highest BCUT2D eigenvalue weighted by Crippen LogP contribution is 2.31. The number of hydrogen-bond donors (Lipinski definition) is 3. The van der Waals surface area contributed by atoms with Gasteiger partial charge in [-0.15, -0.1) is 0 Å². The van der Waals surface area contributed by atoms with Gasteiger partial charge in [-0.3, -0.25) is 14.6 Å². The van der Waals surface area contributed by atoms with E-state index < -0.39 is 5.91 Å². The third-order valence-electron chi connectivity index (χ3n) is 4.94. The molecule has 2 aromatic heterocycles. The van der Waals surface area contributed by atoms with Crippen molar-refractivity contribution in [3.05, 3.63) is 78.1 Å². The molecular weight excluding hydrogens is 422 g/mol. The van der Waals surface area contributed by atoms with Gasteiger partial charge in [-0.25, -0.2) is 4.98 Å². The second-order valence-corrected chi connectivity index (χ2v) is 7.04. The van der Waals surface area contributed by atoms with Crippen molar-refractivity contribution in [2.75, 3.05) is 24.9 Å². The van der Waals surface area contributed by atoms with Gasteiger partial charge in [0.05, 0.1) is 42.9 Å². The summed E-state index contributed by atoms with van der Waals surface area (Å²) in [5.74, 6) is 0.0961. The van der Waals surface area contributed by atoms with Crippen LogP contribution < -0.4 is 25.8 Å². The fourth-order valence-corrected chi connectivity index (χ4v) is 3.28. The number of benzene rings is 2. The highest BCUT2D eigenvalue weighted by Gasteiger charge is 2.16. The zero-order valence-electron chi connectivity index (χ0n) is 18.0. The fourth-order valence-electron chi connectivity index (χ4n) is 3.28. The van der Waals surface area contributed by atoms with E-state index in [0.717, 1.165) is 0 Å². The van der Waals surface area contributed by atoms with Crippen molar-refractivity contribution in [1.82, 2.24) is 9.97 Å². The van der Waals surface area contributed by atoms with Gasteiger partial charge in [0.25, 0.3) is 11.8 Å². The molecule has 0 saturated carbocycles. The van der Waals surface area contributed by atoms with E-state index in [1.807, 2.05) is 12.1 Å². The Bertz CT molecular complexity index is 1340. The number of pyridine rings is 2. The lowest BCUT2D eigenvalue weighted by atomic mass is 10.0. The summed E-state index contributed by atoms with van der Waals surface area (Å²) >= 11 is 0. The number of primary amides is 1. The maximum absolute atomic E-state index is 12.9. The number of methoxy groups -OCH3 is 2. The summed E-state index contributed by atoms with van der Waals surface area (Å²) in [7, 11) is 3.08. The number of amides is 2. The monoisotopic (exact) mass is 443 g/mol. The SMILES string of the molecule is COc1cccc(Nc2c(C(N)=O)cnc3ccc(C(=O)Nc4ccc(OC)nc4)cc23)c1. The molecule has 166 valence electrons. The third-order valence-corrected chi connectivity index (χ3v) is 4.94. The topological polar surface area (TPSA) is 128 Å². The number of nitrogens with two attached hydrogens (primary N) is 1. The van der Waals surface area contributed by atoms with Crippen molar-refractivity contribution in [2.24, 2.45) is 5.73 Å². The van der Waals surface area contributed by atoms with E-state index in [9.17, 15) is 9.59 Å². The van der Waals surface area contributed by atoms with Gasteiger partial charge in [-0.2, -0.15) is 0 Å². The molecule has 4 aromatic rings. The highest BCUT2D eigenvalue weighted by molar-refractivity contribution is 6.11.